The molecule has 98 valence electrons. The average Bonchev–Trinajstić information content (AvgIpc) is 3.13. The van der Waals surface area contributed by atoms with Crippen molar-refractivity contribution in [3.05, 3.63) is 0 Å². The number of amides is 1. The van der Waals surface area contributed by atoms with Gasteiger partial charge < -0.3 is 16.2 Å². The molecule has 17 heavy (non-hydrogen) atoms. The first-order valence-corrected chi connectivity index (χ1v) is 6.76. The monoisotopic (exact) mass is 240 g/mol. The summed E-state index contributed by atoms with van der Waals surface area (Å²) in [6.45, 7) is 1.99. The minimum Gasteiger partial charge on any atom is -0.396 e. The molecule has 2 aliphatic carbocycles. The molecule has 0 aromatic carbocycles. The summed E-state index contributed by atoms with van der Waals surface area (Å²) in [6.07, 6.45) is 6.39. The summed E-state index contributed by atoms with van der Waals surface area (Å²) >= 11 is 0. The molecule has 0 aliphatic heterocycles. The minimum atomic E-state index is -0.725. The van der Waals surface area contributed by atoms with E-state index in [1.807, 2.05) is 6.92 Å². The van der Waals surface area contributed by atoms with Crippen LogP contribution in [0, 0.1) is 11.8 Å². The largest absolute Gasteiger partial charge is 0.396 e. The Kier molecular flexibility index (Phi) is 3.73. The Labute approximate surface area is 103 Å². The molecule has 4 nitrogen and oxygen atoms in total. The van der Waals surface area contributed by atoms with Crippen molar-refractivity contribution in [2.75, 3.05) is 6.61 Å². The lowest BCUT2D eigenvalue weighted by molar-refractivity contribution is -0.128. The molecule has 1 amide bonds. The Morgan fingerprint density at radius 3 is 2.59 bits per heavy atom. The molecule has 0 bridgehead atoms. The van der Waals surface area contributed by atoms with Crippen LogP contribution in [0.25, 0.3) is 0 Å². The van der Waals surface area contributed by atoms with Crippen molar-refractivity contribution >= 4 is 5.91 Å². The van der Waals surface area contributed by atoms with Gasteiger partial charge in [0.2, 0.25) is 5.91 Å². The third-order valence-corrected chi connectivity index (χ3v) is 4.37. The molecule has 2 fully saturated rings. The van der Waals surface area contributed by atoms with E-state index in [1.165, 1.54) is 0 Å². The fourth-order valence-corrected chi connectivity index (χ4v) is 2.81. The maximum Gasteiger partial charge on any atom is 0.240 e. The summed E-state index contributed by atoms with van der Waals surface area (Å²) in [5.74, 6) is 0.520. The first kappa shape index (κ1) is 12.8. The Bertz CT molecular complexity index is 287. The van der Waals surface area contributed by atoms with E-state index in [0.717, 1.165) is 38.5 Å². The molecular formula is C13H24N2O2. The molecule has 0 saturated heterocycles. The smallest absolute Gasteiger partial charge is 0.240 e. The van der Waals surface area contributed by atoms with Gasteiger partial charge in [0.15, 0.2) is 0 Å². The van der Waals surface area contributed by atoms with Crippen LogP contribution in [-0.4, -0.2) is 29.2 Å². The van der Waals surface area contributed by atoms with Gasteiger partial charge in [-0.25, -0.2) is 0 Å². The Balaban J connectivity index is 1.92. The molecule has 4 heteroatoms. The highest BCUT2D eigenvalue weighted by Gasteiger charge is 2.45. The van der Waals surface area contributed by atoms with E-state index in [0.29, 0.717) is 5.92 Å². The number of nitrogens with two attached hydrogens (primary N) is 1. The number of hydrogen-bond donors (Lipinski definition) is 3. The van der Waals surface area contributed by atoms with Gasteiger partial charge in [0.1, 0.15) is 0 Å². The standard InChI is InChI=1S/C13H24N2O2/c1-13(14,10-6-7-10)12(17)15-11-5-3-2-4-9(11)8-16/h9-11,16H,2-8,14H2,1H3,(H,15,17). The summed E-state index contributed by atoms with van der Waals surface area (Å²) in [5, 5.41) is 12.4. The van der Waals surface area contributed by atoms with Crippen LogP contribution in [0.1, 0.15) is 45.4 Å². The van der Waals surface area contributed by atoms with Crippen molar-refractivity contribution < 1.29 is 9.90 Å². The van der Waals surface area contributed by atoms with E-state index >= 15 is 0 Å². The van der Waals surface area contributed by atoms with Crippen LogP contribution < -0.4 is 11.1 Å². The van der Waals surface area contributed by atoms with Gasteiger partial charge in [0.25, 0.3) is 0 Å². The second-order valence-corrected chi connectivity index (χ2v) is 5.86. The van der Waals surface area contributed by atoms with Crippen LogP contribution >= 0.6 is 0 Å². The molecule has 3 unspecified atom stereocenters. The van der Waals surface area contributed by atoms with Gasteiger partial charge in [-0.3, -0.25) is 4.79 Å². The Hall–Kier alpha value is -0.610. The molecule has 0 radical (unpaired) electrons. The maximum absolute atomic E-state index is 12.2. The molecule has 2 saturated carbocycles. The second-order valence-electron chi connectivity index (χ2n) is 5.86. The third kappa shape index (κ3) is 2.80. The number of hydrogen-bond acceptors (Lipinski definition) is 3. The fourth-order valence-electron chi connectivity index (χ4n) is 2.81. The zero-order chi connectivity index (χ0) is 12.5. The van der Waals surface area contributed by atoms with E-state index in [1.54, 1.807) is 0 Å². The van der Waals surface area contributed by atoms with Crippen molar-refractivity contribution in [2.24, 2.45) is 17.6 Å². The van der Waals surface area contributed by atoms with Gasteiger partial charge in [-0.15, -0.1) is 0 Å². The number of rotatable bonds is 4. The summed E-state index contributed by atoms with van der Waals surface area (Å²) in [7, 11) is 0. The highest BCUT2D eigenvalue weighted by Crippen LogP contribution is 2.38. The lowest BCUT2D eigenvalue weighted by Gasteiger charge is -2.34. The van der Waals surface area contributed by atoms with Gasteiger partial charge in [0, 0.05) is 18.6 Å². The summed E-state index contributed by atoms with van der Waals surface area (Å²) in [4.78, 5) is 12.2. The van der Waals surface area contributed by atoms with E-state index < -0.39 is 5.54 Å². The average molecular weight is 240 g/mol. The molecule has 3 atom stereocenters. The van der Waals surface area contributed by atoms with Crippen LogP contribution in [-0.2, 0) is 4.79 Å². The Morgan fingerprint density at radius 2 is 2.00 bits per heavy atom. The van der Waals surface area contributed by atoms with Crippen molar-refractivity contribution in [3.63, 3.8) is 0 Å². The molecular weight excluding hydrogens is 216 g/mol. The highest BCUT2D eigenvalue weighted by atomic mass is 16.3. The molecule has 0 aromatic heterocycles. The predicted octanol–water partition coefficient (Wildman–Crippen LogP) is 0.781. The van der Waals surface area contributed by atoms with Crippen LogP contribution in [0.3, 0.4) is 0 Å². The third-order valence-electron chi connectivity index (χ3n) is 4.37. The second kappa shape index (κ2) is 4.94. The van der Waals surface area contributed by atoms with Gasteiger partial charge >= 0.3 is 0 Å². The zero-order valence-electron chi connectivity index (χ0n) is 10.6. The molecule has 2 rings (SSSR count). The highest BCUT2D eigenvalue weighted by molar-refractivity contribution is 5.86. The topological polar surface area (TPSA) is 75.4 Å². The van der Waals surface area contributed by atoms with Gasteiger partial charge in [-0.1, -0.05) is 12.8 Å². The van der Waals surface area contributed by atoms with Crippen LogP contribution in [0.15, 0.2) is 0 Å². The van der Waals surface area contributed by atoms with Crippen LogP contribution in [0.4, 0.5) is 0 Å². The van der Waals surface area contributed by atoms with E-state index in [9.17, 15) is 9.90 Å². The van der Waals surface area contributed by atoms with Crippen molar-refractivity contribution in [3.8, 4) is 0 Å². The molecule has 0 spiro atoms. The molecule has 4 N–H and O–H groups in total. The van der Waals surface area contributed by atoms with Crippen LogP contribution in [0.5, 0.6) is 0 Å². The number of aliphatic hydroxyl groups excluding tert-OH is 1. The quantitative estimate of drug-likeness (QED) is 0.680. The molecule has 0 heterocycles. The van der Waals surface area contributed by atoms with Gasteiger partial charge in [-0.05, 0) is 38.5 Å². The first-order valence-electron chi connectivity index (χ1n) is 6.76. The SMILES string of the molecule is CC(N)(C(=O)NC1CCCCC1CO)C1CC1. The van der Waals surface area contributed by atoms with E-state index in [2.05, 4.69) is 5.32 Å². The lowest BCUT2D eigenvalue weighted by atomic mass is 9.84. The van der Waals surface area contributed by atoms with Crippen molar-refractivity contribution in [1.82, 2.24) is 5.32 Å². The van der Waals surface area contributed by atoms with E-state index in [4.69, 9.17) is 5.73 Å². The van der Waals surface area contributed by atoms with Crippen LogP contribution in [0.2, 0.25) is 0 Å². The summed E-state index contributed by atoms with van der Waals surface area (Å²) < 4.78 is 0. The van der Waals surface area contributed by atoms with Gasteiger partial charge in [-0.2, -0.15) is 0 Å². The lowest BCUT2D eigenvalue weighted by Crippen LogP contribution is -2.57. The Morgan fingerprint density at radius 1 is 1.35 bits per heavy atom. The summed E-state index contributed by atoms with van der Waals surface area (Å²) in [6, 6.07) is 0.114. The normalized spacial score (nSPS) is 32.9. The molecule has 2 aliphatic rings. The summed E-state index contributed by atoms with van der Waals surface area (Å²) in [5.41, 5.74) is 5.37. The number of aliphatic hydroxyl groups is 1. The first-order chi connectivity index (χ1) is 8.05. The van der Waals surface area contributed by atoms with Crippen molar-refractivity contribution in [2.45, 2.75) is 57.0 Å². The van der Waals surface area contributed by atoms with Gasteiger partial charge in [0.05, 0.1) is 5.54 Å². The fraction of sp³-hybridized carbons (Fsp3) is 0.923. The van der Waals surface area contributed by atoms with E-state index in [-0.39, 0.29) is 24.5 Å². The number of nitrogens with one attached hydrogen (secondary N) is 1. The maximum atomic E-state index is 12.2. The minimum absolute atomic E-state index is 0.0367. The zero-order valence-corrected chi connectivity index (χ0v) is 10.6. The predicted molar refractivity (Wildman–Crippen MR) is 66.3 cm³/mol. The number of carbonyl (C=O) groups excluding carboxylic acids is 1. The van der Waals surface area contributed by atoms with Crippen molar-refractivity contribution in [1.29, 1.82) is 0 Å². The number of carbonyl (C=O) groups is 1. The molecule has 0 aromatic rings.